The maximum absolute atomic E-state index is 14.5. The van der Waals surface area contributed by atoms with E-state index in [0.717, 1.165) is 6.07 Å². The highest BCUT2D eigenvalue weighted by molar-refractivity contribution is 6.16. The van der Waals surface area contributed by atoms with Crippen LogP contribution in [0.15, 0.2) is 66.7 Å². The zero-order valence-electron chi connectivity index (χ0n) is 29.1. The number of anilines is 1. The Labute approximate surface area is 290 Å². The maximum Gasteiger partial charge on any atom is 0.418 e. The van der Waals surface area contributed by atoms with Gasteiger partial charge in [0.15, 0.2) is 11.8 Å². The summed E-state index contributed by atoms with van der Waals surface area (Å²) in [7, 11) is 4.34. The van der Waals surface area contributed by atoms with E-state index in [1.54, 1.807) is 56.0 Å². The number of Topliss-reactive ketones (excluding diaryl/α,β-unsaturated/α-hetero) is 1. The first kappa shape index (κ1) is 37.9. The molecule has 0 radical (unpaired) electrons. The molecule has 0 aliphatic carbocycles. The first-order valence-corrected chi connectivity index (χ1v) is 16.2. The van der Waals surface area contributed by atoms with Crippen LogP contribution in [0, 0.1) is 5.92 Å². The predicted molar refractivity (Wildman–Crippen MR) is 182 cm³/mol. The molecule has 0 spiro atoms. The van der Waals surface area contributed by atoms with Crippen LogP contribution < -0.4 is 24.4 Å². The number of rotatable bonds is 12. The van der Waals surface area contributed by atoms with Crippen LogP contribution in [0.3, 0.4) is 0 Å². The Balaban J connectivity index is 1.72. The molecule has 270 valence electrons. The van der Waals surface area contributed by atoms with Crippen molar-refractivity contribution in [3.8, 4) is 17.2 Å². The summed E-state index contributed by atoms with van der Waals surface area (Å²) >= 11 is 0. The van der Waals surface area contributed by atoms with E-state index >= 15 is 0 Å². The van der Waals surface area contributed by atoms with Crippen LogP contribution in [0.4, 0.5) is 23.7 Å². The zero-order valence-corrected chi connectivity index (χ0v) is 29.1. The van der Waals surface area contributed by atoms with Crippen LogP contribution in [-0.4, -0.2) is 75.3 Å². The highest BCUT2D eigenvalue weighted by Gasteiger charge is 2.41. The molecule has 3 aromatic rings. The molecule has 0 aromatic heterocycles. The molecule has 1 atom stereocenters. The summed E-state index contributed by atoms with van der Waals surface area (Å²) in [4.78, 5) is 43.9. The number of methoxy groups -OCH3 is 3. The molecule has 4 rings (SSSR count). The van der Waals surface area contributed by atoms with E-state index in [-0.39, 0.29) is 30.3 Å². The number of amides is 2. The fourth-order valence-electron chi connectivity index (χ4n) is 5.75. The average molecular weight is 700 g/mol. The van der Waals surface area contributed by atoms with Gasteiger partial charge < -0.3 is 34.1 Å². The minimum Gasteiger partial charge on any atom is -0.497 e. The molecule has 1 heterocycles. The second-order valence-electron chi connectivity index (χ2n) is 13.0. The minimum atomic E-state index is -4.80. The van der Waals surface area contributed by atoms with Crippen molar-refractivity contribution in [1.82, 2.24) is 10.2 Å². The van der Waals surface area contributed by atoms with Crippen LogP contribution >= 0.6 is 0 Å². The number of carbonyl (C=O) groups is 3. The molecule has 10 nitrogen and oxygen atoms in total. The molecule has 1 aliphatic heterocycles. The first-order valence-electron chi connectivity index (χ1n) is 16.2. The van der Waals surface area contributed by atoms with Gasteiger partial charge in [-0.15, -0.1) is 0 Å². The Hall–Kier alpha value is -4.94. The summed E-state index contributed by atoms with van der Waals surface area (Å²) in [5, 5.41) is 2.86. The van der Waals surface area contributed by atoms with Crippen LogP contribution in [0.1, 0.15) is 55.1 Å². The monoisotopic (exact) mass is 699 g/mol. The Morgan fingerprint density at radius 1 is 0.880 bits per heavy atom. The van der Waals surface area contributed by atoms with Gasteiger partial charge in [0.25, 0.3) is 5.91 Å². The van der Waals surface area contributed by atoms with Crippen molar-refractivity contribution in [3.63, 3.8) is 0 Å². The quantitative estimate of drug-likeness (QED) is 0.164. The van der Waals surface area contributed by atoms with Crippen molar-refractivity contribution in [2.24, 2.45) is 5.92 Å². The number of hydrogen-bond donors (Lipinski definition) is 1. The third kappa shape index (κ3) is 9.60. The molecule has 0 bridgehead atoms. The summed E-state index contributed by atoms with van der Waals surface area (Å²) in [6.45, 7) is 6.04. The smallest absolute Gasteiger partial charge is 0.418 e. The lowest BCUT2D eigenvalue weighted by atomic mass is 9.95. The molecule has 1 unspecified atom stereocenters. The van der Waals surface area contributed by atoms with Crippen LogP contribution in [0.2, 0.25) is 0 Å². The van der Waals surface area contributed by atoms with E-state index in [1.165, 1.54) is 56.6 Å². The van der Waals surface area contributed by atoms with Gasteiger partial charge in [-0.05, 0) is 88.1 Å². The maximum atomic E-state index is 14.5. The number of ether oxygens (including phenoxy) is 4. The fourth-order valence-corrected chi connectivity index (χ4v) is 5.75. The SMILES string of the molecule is COc1ccc(C(=O)C(C(=O)NCC2CCN(C(=O)OC(C)(C)C)CC2)N(Cc2ccc(OC)cc2OC)c2ccccc2C(F)(F)F)cc1. The van der Waals surface area contributed by atoms with Gasteiger partial charge in [0.1, 0.15) is 22.8 Å². The Morgan fingerprint density at radius 3 is 2.08 bits per heavy atom. The molecule has 1 N–H and O–H groups in total. The molecule has 1 aliphatic rings. The van der Waals surface area contributed by atoms with E-state index in [2.05, 4.69) is 5.32 Å². The zero-order chi connectivity index (χ0) is 36.6. The van der Waals surface area contributed by atoms with Crippen LogP contribution in [-0.2, 0) is 22.3 Å². The summed E-state index contributed by atoms with van der Waals surface area (Å²) in [6, 6.07) is 13.9. The van der Waals surface area contributed by atoms with Crippen molar-refractivity contribution in [1.29, 1.82) is 0 Å². The minimum absolute atomic E-state index is 0.0491. The number of ketones is 1. The number of carbonyl (C=O) groups excluding carboxylic acids is 3. The largest absolute Gasteiger partial charge is 0.497 e. The number of alkyl halides is 3. The molecule has 13 heteroatoms. The highest BCUT2D eigenvalue weighted by Crippen LogP contribution is 2.39. The van der Waals surface area contributed by atoms with Crippen molar-refractivity contribution >= 4 is 23.5 Å². The molecule has 1 saturated heterocycles. The number of likely N-dealkylation sites (tertiary alicyclic amines) is 1. The number of nitrogens with zero attached hydrogens (tertiary/aromatic N) is 2. The van der Waals surface area contributed by atoms with Crippen molar-refractivity contribution in [2.45, 2.75) is 58.0 Å². The van der Waals surface area contributed by atoms with Gasteiger partial charge in [0, 0.05) is 43.4 Å². The number of hydrogen-bond acceptors (Lipinski definition) is 8. The summed E-state index contributed by atoms with van der Waals surface area (Å²) < 4.78 is 65.1. The van der Waals surface area contributed by atoms with Gasteiger partial charge in [-0.3, -0.25) is 9.59 Å². The van der Waals surface area contributed by atoms with Gasteiger partial charge in [-0.2, -0.15) is 13.2 Å². The average Bonchev–Trinajstić information content (AvgIpc) is 3.09. The number of para-hydroxylation sites is 1. The molecular weight excluding hydrogens is 655 g/mol. The lowest BCUT2D eigenvalue weighted by Crippen LogP contribution is -2.53. The highest BCUT2D eigenvalue weighted by atomic mass is 19.4. The van der Waals surface area contributed by atoms with E-state index in [1.807, 2.05) is 0 Å². The third-order valence-electron chi connectivity index (χ3n) is 8.37. The molecule has 50 heavy (non-hydrogen) atoms. The number of piperidine rings is 1. The molecular formula is C37H44F3N3O7. The van der Waals surface area contributed by atoms with Crippen molar-refractivity contribution < 1.29 is 46.5 Å². The van der Waals surface area contributed by atoms with Crippen molar-refractivity contribution in [3.05, 3.63) is 83.4 Å². The summed E-state index contributed by atoms with van der Waals surface area (Å²) in [5.74, 6) is -0.325. The standard InChI is InChI=1S/C37H44F3N3O7/c1-36(2,3)50-35(46)42-19-17-24(18-20-42)22-41-34(45)32(33(44)25-11-14-27(47-4)15-12-25)43(30-10-8-7-9-29(30)37(38,39)40)23-26-13-16-28(48-5)21-31(26)49-6/h7-16,21,24,32H,17-20,22-23H2,1-6H3,(H,41,45). The predicted octanol–water partition coefficient (Wildman–Crippen LogP) is 6.75. The second kappa shape index (κ2) is 16.2. The Morgan fingerprint density at radius 2 is 1.50 bits per heavy atom. The van der Waals surface area contributed by atoms with Gasteiger partial charge in [0.2, 0.25) is 0 Å². The first-order chi connectivity index (χ1) is 23.6. The lowest BCUT2D eigenvalue weighted by Gasteiger charge is -2.35. The fraction of sp³-hybridized carbons (Fsp3) is 0.432. The van der Waals surface area contributed by atoms with E-state index in [4.69, 9.17) is 18.9 Å². The third-order valence-corrected chi connectivity index (χ3v) is 8.37. The van der Waals surface area contributed by atoms with E-state index < -0.39 is 41.2 Å². The number of halogens is 3. The number of nitrogens with one attached hydrogen (secondary N) is 1. The second-order valence-corrected chi connectivity index (χ2v) is 13.0. The summed E-state index contributed by atoms with van der Waals surface area (Å²) in [6.07, 6.45) is -4.11. The Bertz CT molecular complexity index is 1630. The van der Waals surface area contributed by atoms with Gasteiger partial charge >= 0.3 is 12.3 Å². The molecule has 1 fully saturated rings. The van der Waals surface area contributed by atoms with Gasteiger partial charge in [0.05, 0.1) is 32.6 Å². The molecule has 3 aromatic carbocycles. The van der Waals surface area contributed by atoms with E-state index in [0.29, 0.717) is 48.7 Å². The number of benzene rings is 3. The molecule has 0 saturated carbocycles. The van der Waals surface area contributed by atoms with Gasteiger partial charge in [-0.1, -0.05) is 12.1 Å². The lowest BCUT2D eigenvalue weighted by molar-refractivity contribution is -0.137. The summed E-state index contributed by atoms with van der Waals surface area (Å²) in [5.41, 5.74) is -1.49. The van der Waals surface area contributed by atoms with E-state index in [9.17, 15) is 27.6 Å². The topological polar surface area (TPSA) is 107 Å². The van der Waals surface area contributed by atoms with Crippen LogP contribution in [0.25, 0.3) is 0 Å². The Kier molecular flexibility index (Phi) is 12.3. The van der Waals surface area contributed by atoms with Gasteiger partial charge in [-0.25, -0.2) is 4.79 Å². The van der Waals surface area contributed by atoms with Crippen LogP contribution in [0.5, 0.6) is 17.2 Å². The normalized spacial score (nSPS) is 14.4. The molecule has 2 amide bonds. The van der Waals surface area contributed by atoms with Crippen molar-refractivity contribution in [2.75, 3.05) is 45.9 Å².